The van der Waals surface area contributed by atoms with Gasteiger partial charge in [-0.1, -0.05) is 6.92 Å². The molecular weight excluding hydrogens is 200 g/mol. The molecule has 88 valence electrons. The van der Waals surface area contributed by atoms with E-state index in [1.54, 1.807) is 12.4 Å². The number of ether oxygens (including phenoxy) is 1. The second-order valence-corrected chi connectivity index (χ2v) is 4.61. The number of rotatable bonds is 5. The van der Waals surface area contributed by atoms with Crippen LogP contribution >= 0.6 is 0 Å². The van der Waals surface area contributed by atoms with Crippen LogP contribution in [0.3, 0.4) is 0 Å². The molecule has 0 saturated heterocycles. The first-order chi connectivity index (χ1) is 7.84. The molecule has 0 aliphatic heterocycles. The van der Waals surface area contributed by atoms with Gasteiger partial charge in [0.1, 0.15) is 12.4 Å². The maximum absolute atomic E-state index is 5.57. The Morgan fingerprint density at radius 3 is 3.12 bits per heavy atom. The van der Waals surface area contributed by atoms with Crippen LogP contribution in [-0.2, 0) is 0 Å². The van der Waals surface area contributed by atoms with Crippen molar-refractivity contribution in [3.8, 4) is 5.75 Å². The summed E-state index contributed by atoms with van der Waals surface area (Å²) in [6.07, 6.45) is 7.49. The molecule has 1 saturated carbocycles. The molecule has 16 heavy (non-hydrogen) atoms. The molecule has 1 N–H and O–H groups in total. The van der Waals surface area contributed by atoms with Crippen LogP contribution in [0.4, 0.5) is 0 Å². The van der Waals surface area contributed by atoms with Gasteiger partial charge in [-0.3, -0.25) is 4.98 Å². The van der Waals surface area contributed by atoms with Gasteiger partial charge in [0.25, 0.3) is 0 Å². The molecule has 3 heteroatoms. The summed E-state index contributed by atoms with van der Waals surface area (Å²) in [7, 11) is 0. The molecule has 0 spiro atoms. The Hall–Kier alpha value is -1.09. The molecule has 1 aromatic heterocycles. The lowest BCUT2D eigenvalue weighted by molar-refractivity contribution is 0.303. The van der Waals surface area contributed by atoms with Gasteiger partial charge in [0.2, 0.25) is 0 Å². The fourth-order valence-electron chi connectivity index (χ4n) is 2.26. The molecular formula is C13H20N2O. The van der Waals surface area contributed by atoms with Gasteiger partial charge >= 0.3 is 0 Å². The molecule has 1 aliphatic rings. The summed E-state index contributed by atoms with van der Waals surface area (Å²) in [5.41, 5.74) is 0. The zero-order valence-corrected chi connectivity index (χ0v) is 9.86. The third-order valence-corrected chi connectivity index (χ3v) is 3.13. The van der Waals surface area contributed by atoms with Gasteiger partial charge in [-0.15, -0.1) is 0 Å². The zero-order chi connectivity index (χ0) is 11.2. The fraction of sp³-hybridized carbons (Fsp3) is 0.615. The van der Waals surface area contributed by atoms with Gasteiger partial charge in [0.05, 0.1) is 6.20 Å². The van der Waals surface area contributed by atoms with Gasteiger partial charge in [0, 0.05) is 18.8 Å². The lowest BCUT2D eigenvalue weighted by Gasteiger charge is -2.12. The van der Waals surface area contributed by atoms with Crippen molar-refractivity contribution in [3.05, 3.63) is 24.5 Å². The maximum Gasteiger partial charge on any atom is 0.137 e. The molecule has 3 nitrogen and oxygen atoms in total. The monoisotopic (exact) mass is 220 g/mol. The van der Waals surface area contributed by atoms with E-state index in [1.165, 1.54) is 19.3 Å². The predicted octanol–water partition coefficient (Wildman–Crippen LogP) is 2.24. The summed E-state index contributed by atoms with van der Waals surface area (Å²) in [5, 5.41) is 3.54. The van der Waals surface area contributed by atoms with Crippen LogP contribution in [0.15, 0.2) is 24.5 Å². The van der Waals surface area contributed by atoms with Crippen molar-refractivity contribution in [2.24, 2.45) is 5.92 Å². The Morgan fingerprint density at radius 2 is 2.44 bits per heavy atom. The van der Waals surface area contributed by atoms with E-state index in [9.17, 15) is 0 Å². The zero-order valence-electron chi connectivity index (χ0n) is 9.86. The molecule has 0 aromatic carbocycles. The highest BCUT2D eigenvalue weighted by atomic mass is 16.5. The SMILES string of the molecule is CC1CCC(NCCOc2cccnc2)C1. The van der Waals surface area contributed by atoms with Crippen molar-refractivity contribution in [1.29, 1.82) is 0 Å². The van der Waals surface area contributed by atoms with Gasteiger partial charge < -0.3 is 10.1 Å². The molecule has 1 fully saturated rings. The van der Waals surface area contributed by atoms with Crippen molar-refractivity contribution in [3.63, 3.8) is 0 Å². The molecule has 1 aromatic rings. The van der Waals surface area contributed by atoms with Crippen molar-refractivity contribution < 1.29 is 4.74 Å². The van der Waals surface area contributed by atoms with Crippen LogP contribution in [-0.4, -0.2) is 24.2 Å². The van der Waals surface area contributed by atoms with Crippen molar-refractivity contribution in [2.75, 3.05) is 13.2 Å². The number of hydrogen-bond donors (Lipinski definition) is 1. The van der Waals surface area contributed by atoms with E-state index in [0.717, 1.165) is 24.8 Å². The smallest absolute Gasteiger partial charge is 0.137 e. The topological polar surface area (TPSA) is 34.1 Å². The lowest BCUT2D eigenvalue weighted by atomic mass is 10.1. The van der Waals surface area contributed by atoms with E-state index in [4.69, 9.17) is 4.74 Å². The molecule has 2 unspecified atom stereocenters. The average Bonchev–Trinajstić information content (AvgIpc) is 2.72. The minimum atomic E-state index is 0.701. The molecule has 0 radical (unpaired) electrons. The lowest BCUT2D eigenvalue weighted by Crippen LogP contribution is -2.30. The van der Waals surface area contributed by atoms with E-state index in [-0.39, 0.29) is 0 Å². The van der Waals surface area contributed by atoms with Crippen molar-refractivity contribution in [2.45, 2.75) is 32.2 Å². The molecule has 0 bridgehead atoms. The Morgan fingerprint density at radius 1 is 1.50 bits per heavy atom. The Bertz CT molecular complexity index is 302. The summed E-state index contributed by atoms with van der Waals surface area (Å²) in [5.74, 6) is 1.74. The van der Waals surface area contributed by atoms with Gasteiger partial charge in [-0.2, -0.15) is 0 Å². The van der Waals surface area contributed by atoms with Gasteiger partial charge in [-0.05, 0) is 37.3 Å². The minimum absolute atomic E-state index is 0.701. The Kier molecular flexibility index (Phi) is 4.17. The number of pyridine rings is 1. The standard InChI is InChI=1S/C13H20N2O/c1-11-4-5-12(9-11)15-7-8-16-13-3-2-6-14-10-13/h2-3,6,10-12,15H,4-5,7-9H2,1H3. The van der Waals surface area contributed by atoms with Crippen LogP contribution in [0.5, 0.6) is 5.75 Å². The van der Waals surface area contributed by atoms with Gasteiger partial charge in [-0.25, -0.2) is 0 Å². The number of nitrogens with zero attached hydrogens (tertiary/aromatic N) is 1. The first kappa shape index (κ1) is 11.4. The van der Waals surface area contributed by atoms with Crippen molar-refractivity contribution >= 4 is 0 Å². The Balaban J connectivity index is 1.59. The van der Waals surface area contributed by atoms with Crippen LogP contribution in [0.2, 0.25) is 0 Å². The van der Waals surface area contributed by atoms with Crippen LogP contribution in [0.25, 0.3) is 0 Å². The highest BCUT2D eigenvalue weighted by molar-refractivity contribution is 5.15. The summed E-state index contributed by atoms with van der Waals surface area (Å²) in [6.45, 7) is 3.97. The average molecular weight is 220 g/mol. The largest absolute Gasteiger partial charge is 0.491 e. The van der Waals surface area contributed by atoms with E-state index in [0.29, 0.717) is 6.04 Å². The maximum atomic E-state index is 5.57. The molecule has 0 amide bonds. The van der Waals surface area contributed by atoms with Gasteiger partial charge in [0.15, 0.2) is 0 Å². The van der Waals surface area contributed by atoms with Crippen molar-refractivity contribution in [1.82, 2.24) is 10.3 Å². The second-order valence-electron chi connectivity index (χ2n) is 4.61. The van der Waals surface area contributed by atoms with Crippen LogP contribution < -0.4 is 10.1 Å². The van der Waals surface area contributed by atoms with E-state index in [1.807, 2.05) is 12.1 Å². The number of hydrogen-bond acceptors (Lipinski definition) is 3. The third kappa shape index (κ3) is 3.49. The van der Waals surface area contributed by atoms with E-state index in [2.05, 4.69) is 17.2 Å². The second kappa shape index (κ2) is 5.85. The molecule has 2 rings (SSSR count). The van der Waals surface area contributed by atoms with Crippen LogP contribution in [0.1, 0.15) is 26.2 Å². The predicted molar refractivity (Wildman–Crippen MR) is 64.5 cm³/mol. The summed E-state index contributed by atoms with van der Waals surface area (Å²) < 4.78 is 5.57. The first-order valence-corrected chi connectivity index (χ1v) is 6.11. The number of aromatic nitrogens is 1. The quantitative estimate of drug-likeness (QED) is 0.773. The Labute approximate surface area is 97.2 Å². The highest BCUT2D eigenvalue weighted by Crippen LogP contribution is 2.24. The van der Waals surface area contributed by atoms with Crippen LogP contribution in [0, 0.1) is 5.92 Å². The van der Waals surface area contributed by atoms with E-state index < -0.39 is 0 Å². The number of nitrogens with one attached hydrogen (secondary N) is 1. The highest BCUT2D eigenvalue weighted by Gasteiger charge is 2.20. The summed E-state index contributed by atoms with van der Waals surface area (Å²) in [6, 6.07) is 4.53. The fourth-order valence-corrected chi connectivity index (χ4v) is 2.26. The normalized spacial score (nSPS) is 24.6. The molecule has 1 heterocycles. The summed E-state index contributed by atoms with van der Waals surface area (Å²) in [4.78, 5) is 4.01. The summed E-state index contributed by atoms with van der Waals surface area (Å²) >= 11 is 0. The minimum Gasteiger partial charge on any atom is -0.491 e. The first-order valence-electron chi connectivity index (χ1n) is 6.11. The molecule has 1 aliphatic carbocycles. The third-order valence-electron chi connectivity index (χ3n) is 3.13. The molecule has 2 atom stereocenters. The van der Waals surface area contributed by atoms with E-state index >= 15 is 0 Å².